The van der Waals surface area contributed by atoms with E-state index in [9.17, 15) is 4.79 Å². The lowest BCUT2D eigenvalue weighted by Crippen LogP contribution is -2.66. The highest BCUT2D eigenvalue weighted by Gasteiger charge is 2.50. The summed E-state index contributed by atoms with van der Waals surface area (Å²) < 4.78 is 26.7. The molecule has 5 nitrogen and oxygen atoms in total. The van der Waals surface area contributed by atoms with Gasteiger partial charge in [0.15, 0.2) is 13.9 Å². The van der Waals surface area contributed by atoms with Crippen molar-refractivity contribution in [2.24, 2.45) is 5.92 Å². The Labute approximate surface area is 433 Å². The van der Waals surface area contributed by atoms with Gasteiger partial charge in [-0.1, -0.05) is 191 Å². The van der Waals surface area contributed by atoms with E-state index in [4.69, 9.17) is 18.3 Å². The molecule has 7 heteroatoms. The van der Waals surface area contributed by atoms with Crippen LogP contribution in [-0.2, 0) is 28.7 Å². The zero-order chi connectivity index (χ0) is 52.0. The Bertz CT molecular complexity index is 2470. The molecule has 4 aromatic carbocycles. The fourth-order valence-electron chi connectivity index (χ4n) is 9.96. The smallest absolute Gasteiger partial charge is 0.343 e. The maximum Gasteiger partial charge on any atom is 0.343 e. The van der Waals surface area contributed by atoms with Crippen LogP contribution in [0.1, 0.15) is 146 Å². The van der Waals surface area contributed by atoms with Crippen LogP contribution < -0.4 is 10.4 Å². The van der Waals surface area contributed by atoms with Crippen LogP contribution in [-0.4, -0.2) is 49.0 Å². The minimum Gasteiger partial charge on any atom is -0.455 e. The largest absolute Gasteiger partial charge is 0.455 e. The molecule has 0 N–H and O–H groups in total. The summed E-state index contributed by atoms with van der Waals surface area (Å²) in [4.78, 5) is 14.5. The molecule has 71 heavy (non-hydrogen) atoms. The lowest BCUT2D eigenvalue weighted by atomic mass is 9.78. The van der Waals surface area contributed by atoms with Gasteiger partial charge in [0.2, 0.25) is 0 Å². The quantitative estimate of drug-likeness (QED) is 0.0421. The third-order valence-electron chi connectivity index (χ3n) is 15.7. The minimum atomic E-state index is -2.68. The predicted octanol–water partition coefficient (Wildman–Crippen LogP) is 16.5. The number of ether oxygens (including phenoxy) is 2. The van der Waals surface area contributed by atoms with E-state index in [-0.39, 0.29) is 22.1 Å². The van der Waals surface area contributed by atoms with Gasteiger partial charge in [-0.05, 0) is 161 Å². The van der Waals surface area contributed by atoms with E-state index in [1.54, 1.807) is 7.11 Å². The molecule has 0 fully saturated rings. The Balaban J connectivity index is 1.36. The predicted molar refractivity (Wildman–Crippen MR) is 308 cm³/mol. The molecule has 0 amide bonds. The highest BCUT2D eigenvalue weighted by atomic mass is 28.4. The normalized spacial score (nSPS) is 17.6. The van der Waals surface area contributed by atoms with Crippen molar-refractivity contribution in [2.45, 2.75) is 176 Å². The molecule has 5 rings (SSSR count). The summed E-state index contributed by atoms with van der Waals surface area (Å²) in [7, 11) is -2.93. The molecule has 0 saturated carbocycles. The van der Waals surface area contributed by atoms with Gasteiger partial charge in [-0.3, -0.25) is 0 Å². The first-order chi connectivity index (χ1) is 33.5. The third-order valence-corrected chi connectivity index (χ3v) is 25.2. The minimum absolute atomic E-state index is 0.0790. The van der Waals surface area contributed by atoms with Gasteiger partial charge in [0, 0.05) is 12.7 Å². The van der Waals surface area contributed by atoms with Crippen LogP contribution in [0, 0.1) is 5.92 Å². The Morgan fingerprint density at radius 1 is 0.662 bits per heavy atom. The topological polar surface area (TPSA) is 54.0 Å². The highest BCUT2D eigenvalue weighted by Crippen LogP contribution is 2.41. The van der Waals surface area contributed by atoms with E-state index in [0.29, 0.717) is 19.1 Å². The van der Waals surface area contributed by atoms with Crippen LogP contribution in [0.2, 0.25) is 23.2 Å². The van der Waals surface area contributed by atoms with Crippen molar-refractivity contribution in [1.29, 1.82) is 0 Å². The van der Waals surface area contributed by atoms with E-state index in [1.807, 2.05) is 31.2 Å². The number of carbonyl (C=O) groups is 1. The lowest BCUT2D eigenvalue weighted by Gasteiger charge is -2.43. The number of methoxy groups -OCH3 is 1. The van der Waals surface area contributed by atoms with Crippen molar-refractivity contribution >= 4 is 43.7 Å². The van der Waals surface area contributed by atoms with Gasteiger partial charge in [-0.2, -0.15) is 0 Å². The van der Waals surface area contributed by atoms with E-state index in [2.05, 4.69) is 192 Å². The molecular weight excluding hydrogens is 905 g/mol. The Kier molecular flexibility index (Phi) is 20.7. The van der Waals surface area contributed by atoms with E-state index < -0.39 is 22.2 Å². The number of esters is 1. The zero-order valence-electron chi connectivity index (χ0n) is 46.6. The molecule has 0 radical (unpaired) electrons. The second-order valence-electron chi connectivity index (χ2n) is 23.2. The van der Waals surface area contributed by atoms with Crippen LogP contribution >= 0.6 is 0 Å². The monoisotopic (exact) mass is 995 g/mol. The molecule has 0 saturated heterocycles. The second kappa shape index (κ2) is 25.5. The van der Waals surface area contributed by atoms with E-state index in [1.165, 1.54) is 43.8 Å². The summed E-state index contributed by atoms with van der Waals surface area (Å²) in [6, 6.07) is 36.2. The number of hydrogen-bond acceptors (Lipinski definition) is 5. The standard InChI is InChI=1S/C64H90O5Si2/c1-48(2)27-24-29-52(47-68-71(63(9,10)11,55-33-18-16-19-34-55)56-35-20-17-21-36-56)30-25-28-49(3)39-41-53-42-44-60(57(51(53)5)43-40-50(4)45-46-67-70(14,15)62(6,7)8)69-61(65)64(12,66-13)59-38-26-32-54-31-22-23-37-58(54)59/h16-23,26-27,30-39,45,53,60H,24-25,28-29,40-44,46-47H2,1-15H3/b49-39+,50-45+,52-30-/t53?,60?,64-/m0/s1. The summed E-state index contributed by atoms with van der Waals surface area (Å²) in [6.07, 6.45) is 17.6. The van der Waals surface area contributed by atoms with Gasteiger partial charge in [0.05, 0.1) is 13.2 Å². The van der Waals surface area contributed by atoms with Gasteiger partial charge >= 0.3 is 5.97 Å². The van der Waals surface area contributed by atoms with Gasteiger partial charge in [0.25, 0.3) is 8.32 Å². The van der Waals surface area contributed by atoms with Crippen molar-refractivity contribution in [1.82, 2.24) is 0 Å². The number of rotatable bonds is 23. The Morgan fingerprint density at radius 3 is 1.86 bits per heavy atom. The number of hydrogen-bond donors (Lipinski definition) is 0. The van der Waals surface area contributed by atoms with Crippen LogP contribution in [0.3, 0.4) is 0 Å². The van der Waals surface area contributed by atoms with Crippen molar-refractivity contribution in [3.8, 4) is 0 Å². The van der Waals surface area contributed by atoms with E-state index in [0.717, 1.165) is 74.1 Å². The second-order valence-corrected chi connectivity index (χ2v) is 32.3. The molecule has 2 unspecified atom stereocenters. The van der Waals surface area contributed by atoms with Gasteiger partial charge < -0.3 is 18.3 Å². The lowest BCUT2D eigenvalue weighted by molar-refractivity contribution is -0.173. The molecule has 0 bridgehead atoms. The maximum atomic E-state index is 14.5. The number of benzene rings is 4. The third kappa shape index (κ3) is 14.9. The summed E-state index contributed by atoms with van der Waals surface area (Å²) in [6.45, 7) is 32.8. The first-order valence-electron chi connectivity index (χ1n) is 26.5. The van der Waals surface area contributed by atoms with Crippen molar-refractivity contribution < 1.29 is 23.1 Å². The molecule has 1 aliphatic carbocycles. The van der Waals surface area contributed by atoms with Gasteiger partial charge in [-0.15, -0.1) is 0 Å². The highest BCUT2D eigenvalue weighted by molar-refractivity contribution is 6.99. The summed E-state index contributed by atoms with van der Waals surface area (Å²) in [5.74, 6) is 0.0316. The van der Waals surface area contributed by atoms with Crippen LogP contribution in [0.15, 0.2) is 161 Å². The Hall–Kier alpha value is -4.38. The molecule has 0 spiro atoms. The number of allylic oxidation sites excluding steroid dienone is 7. The maximum absolute atomic E-state index is 14.5. The first-order valence-corrected chi connectivity index (χ1v) is 31.3. The SMILES string of the molecule is CO[C@](C)(C(=O)OC1CCC(C/C=C(\C)CC/C=C(/CCC=C(C)C)CO[Si](c2ccccc2)(c2ccccc2)C(C)(C)C)C(C)=C1CC/C(C)=C/CO[Si](C)(C)C(C)(C)C)c1cccc2ccccc12. The molecule has 0 heterocycles. The molecule has 3 atom stereocenters. The molecule has 0 aromatic heterocycles. The van der Waals surface area contributed by atoms with Crippen molar-refractivity contribution in [3.05, 3.63) is 166 Å². The van der Waals surface area contributed by atoms with E-state index >= 15 is 0 Å². The van der Waals surface area contributed by atoms with Crippen LogP contribution in [0.5, 0.6) is 0 Å². The summed E-state index contributed by atoms with van der Waals surface area (Å²) >= 11 is 0. The zero-order valence-corrected chi connectivity index (χ0v) is 48.6. The Morgan fingerprint density at radius 2 is 1.25 bits per heavy atom. The average Bonchev–Trinajstić information content (AvgIpc) is 3.32. The fraction of sp³-hybridized carbons (Fsp3) is 0.484. The molecule has 0 aliphatic heterocycles. The number of fused-ring (bicyclic) bond motifs is 1. The molecular formula is C64H90O5Si2. The van der Waals surface area contributed by atoms with Crippen LogP contribution in [0.4, 0.5) is 0 Å². The fourth-order valence-corrected chi connectivity index (χ4v) is 15.5. The van der Waals surface area contributed by atoms with Gasteiger partial charge in [-0.25, -0.2) is 4.79 Å². The summed E-state index contributed by atoms with van der Waals surface area (Å²) in [5, 5.41) is 4.77. The van der Waals surface area contributed by atoms with Crippen molar-refractivity contribution in [2.75, 3.05) is 20.3 Å². The average molecular weight is 996 g/mol. The van der Waals surface area contributed by atoms with Crippen LogP contribution in [0.25, 0.3) is 10.8 Å². The first kappa shape index (κ1) is 57.5. The molecule has 1 aliphatic rings. The summed E-state index contributed by atoms with van der Waals surface area (Å²) in [5.41, 5.74) is 7.60. The molecule has 4 aromatic rings. The number of carbonyl (C=O) groups excluding carboxylic acids is 1. The van der Waals surface area contributed by atoms with Crippen molar-refractivity contribution in [3.63, 3.8) is 0 Å². The molecule has 384 valence electrons. The van der Waals surface area contributed by atoms with Gasteiger partial charge in [0.1, 0.15) is 6.10 Å².